The van der Waals surface area contributed by atoms with Crippen molar-refractivity contribution in [3.63, 3.8) is 0 Å². The molecule has 0 unspecified atom stereocenters. The van der Waals surface area contributed by atoms with Crippen molar-refractivity contribution in [2.45, 2.75) is 61.9 Å². The number of aliphatic hydroxyl groups is 3. The summed E-state index contributed by atoms with van der Waals surface area (Å²) < 4.78 is 53.9. The Balaban J connectivity index is 1.55. The molecule has 3 N–H and O–H groups in total. The quantitative estimate of drug-likeness (QED) is 0.338. The number of ether oxygens (including phenoxy) is 2. The van der Waals surface area contributed by atoms with Crippen LogP contribution in [0.5, 0.6) is 0 Å². The summed E-state index contributed by atoms with van der Waals surface area (Å²) in [6, 6.07) is 5.85. The van der Waals surface area contributed by atoms with Gasteiger partial charge in [0, 0.05) is 23.4 Å². The van der Waals surface area contributed by atoms with E-state index in [-0.39, 0.29) is 27.5 Å². The molecule has 15 heteroatoms. The summed E-state index contributed by atoms with van der Waals surface area (Å²) in [7, 11) is 1.26. The minimum absolute atomic E-state index is 0.0755. The lowest BCUT2D eigenvalue weighted by atomic mass is 9.91. The van der Waals surface area contributed by atoms with E-state index in [4.69, 9.17) is 21.1 Å². The van der Waals surface area contributed by atoms with E-state index in [9.17, 15) is 38.5 Å². The maximum atomic E-state index is 14.3. The first-order valence-corrected chi connectivity index (χ1v) is 13.7. The highest BCUT2D eigenvalue weighted by atomic mass is 35.5. The second kappa shape index (κ2) is 12.6. The molecule has 1 aliphatic heterocycles. The van der Waals surface area contributed by atoms with Crippen LogP contribution in [-0.2, 0) is 14.3 Å². The van der Waals surface area contributed by atoms with Gasteiger partial charge in [-0.1, -0.05) is 16.8 Å². The fraction of sp³-hybridized carbons (Fsp3) is 0.429. The van der Waals surface area contributed by atoms with Crippen molar-refractivity contribution in [1.29, 1.82) is 5.26 Å². The number of carbonyl (C=O) groups excluding carboxylic acids is 1. The van der Waals surface area contributed by atoms with Crippen molar-refractivity contribution in [2.75, 3.05) is 18.6 Å². The molecule has 2 aliphatic rings. The van der Waals surface area contributed by atoms with Crippen molar-refractivity contribution < 1.29 is 42.8 Å². The number of aliphatic hydroxyl groups excluding tert-OH is 3. The minimum atomic E-state index is -1.65. The smallest absolute Gasteiger partial charge is 0.259 e. The second-order valence-corrected chi connectivity index (χ2v) is 10.8. The Bertz CT molecular complexity index is 1530. The van der Waals surface area contributed by atoms with Gasteiger partial charge in [-0.25, -0.2) is 17.9 Å². The lowest BCUT2D eigenvalue weighted by Crippen LogP contribution is -2.62. The van der Waals surface area contributed by atoms with Gasteiger partial charge in [-0.2, -0.15) is 5.26 Å². The van der Waals surface area contributed by atoms with Gasteiger partial charge < -0.3 is 29.7 Å². The lowest BCUT2D eigenvalue weighted by Gasteiger charge is -2.45. The molecule has 43 heavy (non-hydrogen) atoms. The van der Waals surface area contributed by atoms with Crippen molar-refractivity contribution in [1.82, 2.24) is 15.0 Å². The van der Waals surface area contributed by atoms with E-state index in [1.165, 1.54) is 36.4 Å². The van der Waals surface area contributed by atoms with Crippen LogP contribution in [0.15, 0.2) is 36.5 Å². The average molecular weight is 622 g/mol. The van der Waals surface area contributed by atoms with Crippen molar-refractivity contribution in [3.8, 4) is 17.3 Å². The van der Waals surface area contributed by atoms with Crippen LogP contribution in [0.3, 0.4) is 0 Å². The Morgan fingerprint density at radius 3 is 2.53 bits per heavy atom. The minimum Gasteiger partial charge on any atom is -0.394 e. The van der Waals surface area contributed by atoms with Gasteiger partial charge in [0.2, 0.25) is 0 Å². The standard InChI is InChI=1S/C28H27ClF3N5O6/c1-42-26-24(36-11-19(34-35-36)14-7-17(30)23(32)18(31)8-14)25(40)22(12-38)43-27(26)28(41)37(20-3-2-4-21(20)39)16-6-13(10-33)5-15(29)9-16/h5-9,11,20-22,24-27,38-40H,2-4,12H2,1H3/t20-,21-,22+,24-,25-,26+,27+/m0/s1. The van der Waals surface area contributed by atoms with E-state index in [2.05, 4.69) is 10.3 Å². The van der Waals surface area contributed by atoms with Gasteiger partial charge >= 0.3 is 0 Å². The maximum absolute atomic E-state index is 14.3. The first-order chi connectivity index (χ1) is 20.6. The highest BCUT2D eigenvalue weighted by Crippen LogP contribution is 2.37. The molecule has 228 valence electrons. The predicted molar refractivity (Wildman–Crippen MR) is 144 cm³/mol. The summed E-state index contributed by atoms with van der Waals surface area (Å²) in [6.45, 7) is -0.713. The zero-order chi connectivity index (χ0) is 31.0. The fourth-order valence-corrected chi connectivity index (χ4v) is 5.97. The Kier molecular flexibility index (Phi) is 9.02. The molecule has 1 saturated heterocycles. The summed E-state index contributed by atoms with van der Waals surface area (Å²) in [5, 5.41) is 49.5. The number of nitriles is 1. The highest BCUT2D eigenvalue weighted by molar-refractivity contribution is 6.31. The number of carbonyl (C=O) groups is 1. The van der Waals surface area contributed by atoms with Crippen molar-refractivity contribution in [2.24, 2.45) is 0 Å². The van der Waals surface area contributed by atoms with E-state index < -0.39 is 72.6 Å². The molecule has 2 aromatic carbocycles. The first-order valence-electron chi connectivity index (χ1n) is 13.3. The third-order valence-corrected chi connectivity index (χ3v) is 8.00. The van der Waals surface area contributed by atoms with Crippen LogP contribution in [0.1, 0.15) is 30.9 Å². The third-order valence-electron chi connectivity index (χ3n) is 7.78. The van der Waals surface area contributed by atoms with Gasteiger partial charge in [0.1, 0.15) is 30.0 Å². The van der Waals surface area contributed by atoms with Crippen LogP contribution in [0.25, 0.3) is 11.3 Å². The van der Waals surface area contributed by atoms with Crippen molar-refractivity contribution in [3.05, 3.63) is 64.6 Å². The van der Waals surface area contributed by atoms with Gasteiger partial charge in [-0.15, -0.1) is 5.10 Å². The Hall–Kier alpha value is -3.58. The molecule has 1 aliphatic carbocycles. The Labute approximate surface area is 248 Å². The van der Waals surface area contributed by atoms with Crippen LogP contribution in [0.4, 0.5) is 18.9 Å². The van der Waals surface area contributed by atoms with Crippen molar-refractivity contribution >= 4 is 23.2 Å². The molecular weight excluding hydrogens is 595 g/mol. The Morgan fingerprint density at radius 1 is 1.21 bits per heavy atom. The fourth-order valence-electron chi connectivity index (χ4n) is 5.74. The number of halogens is 4. The zero-order valence-corrected chi connectivity index (χ0v) is 23.4. The molecule has 5 rings (SSSR count). The Morgan fingerprint density at radius 2 is 1.93 bits per heavy atom. The van der Waals surface area contributed by atoms with Gasteiger partial charge in [0.15, 0.2) is 23.6 Å². The summed E-state index contributed by atoms with van der Waals surface area (Å²) in [4.78, 5) is 15.6. The molecule has 2 fully saturated rings. The molecule has 7 atom stereocenters. The average Bonchev–Trinajstić information content (AvgIpc) is 3.64. The monoisotopic (exact) mass is 621 g/mol. The number of amides is 1. The summed E-state index contributed by atoms with van der Waals surface area (Å²) in [5.41, 5.74) is 0.185. The van der Waals surface area contributed by atoms with Crippen LogP contribution in [-0.4, -0.2) is 86.5 Å². The highest BCUT2D eigenvalue weighted by Gasteiger charge is 2.52. The number of aromatic nitrogens is 3. The largest absolute Gasteiger partial charge is 0.394 e. The number of hydrogen-bond acceptors (Lipinski definition) is 9. The summed E-state index contributed by atoms with van der Waals surface area (Å²) in [5.74, 6) is -5.24. The number of anilines is 1. The first kappa shape index (κ1) is 30.9. The summed E-state index contributed by atoms with van der Waals surface area (Å²) >= 11 is 6.25. The van der Waals surface area contributed by atoms with Crippen LogP contribution in [0, 0.1) is 28.8 Å². The topological polar surface area (TPSA) is 154 Å². The molecule has 3 aromatic rings. The number of methoxy groups -OCH3 is 1. The van der Waals surface area contributed by atoms with Crippen LogP contribution >= 0.6 is 11.6 Å². The normalized spacial score (nSPS) is 27.2. The lowest BCUT2D eigenvalue weighted by molar-refractivity contribution is -0.211. The van der Waals surface area contributed by atoms with Crippen LogP contribution < -0.4 is 4.90 Å². The van der Waals surface area contributed by atoms with Gasteiger partial charge in [-0.05, 0) is 49.6 Å². The molecule has 0 bridgehead atoms. The van der Waals surface area contributed by atoms with E-state index in [0.29, 0.717) is 19.3 Å². The molecular formula is C28H27ClF3N5O6. The predicted octanol–water partition coefficient (Wildman–Crippen LogP) is 2.51. The van der Waals surface area contributed by atoms with E-state index in [1.54, 1.807) is 0 Å². The van der Waals surface area contributed by atoms with E-state index in [0.717, 1.165) is 16.8 Å². The number of rotatable bonds is 7. The van der Waals surface area contributed by atoms with Gasteiger partial charge in [0.25, 0.3) is 5.91 Å². The molecule has 0 radical (unpaired) electrons. The number of nitrogens with zero attached hydrogens (tertiary/aromatic N) is 5. The second-order valence-electron chi connectivity index (χ2n) is 10.4. The van der Waals surface area contributed by atoms with Gasteiger partial charge in [0.05, 0.1) is 36.6 Å². The SMILES string of the molecule is CO[C@@H]1[C@@H](n2cc(-c3cc(F)c(F)c(F)c3)nn2)[C@@H](O)[C@@H](CO)O[C@H]1C(=O)N(c1cc(Cl)cc(C#N)c1)[C@H]1CCC[C@@H]1O. The molecule has 1 saturated carbocycles. The molecule has 1 amide bonds. The summed E-state index contributed by atoms with van der Waals surface area (Å²) in [6.07, 6.45) is -3.78. The number of hydrogen-bond donors (Lipinski definition) is 3. The molecule has 0 spiro atoms. The third kappa shape index (κ3) is 5.84. The maximum Gasteiger partial charge on any atom is 0.259 e. The van der Waals surface area contributed by atoms with Gasteiger partial charge in [-0.3, -0.25) is 4.79 Å². The molecule has 11 nitrogen and oxygen atoms in total. The number of benzene rings is 2. The molecule has 1 aromatic heterocycles. The van der Waals surface area contributed by atoms with Crippen LogP contribution in [0.2, 0.25) is 5.02 Å². The molecule has 2 heterocycles. The van der Waals surface area contributed by atoms with E-state index >= 15 is 0 Å². The zero-order valence-electron chi connectivity index (χ0n) is 22.6. The van der Waals surface area contributed by atoms with E-state index in [1.807, 2.05) is 6.07 Å².